The van der Waals surface area contributed by atoms with Crippen molar-refractivity contribution in [3.05, 3.63) is 16.1 Å². The van der Waals surface area contributed by atoms with Crippen LogP contribution in [0.3, 0.4) is 0 Å². The number of amides is 3. The van der Waals surface area contributed by atoms with E-state index in [4.69, 9.17) is 0 Å². The minimum absolute atomic E-state index is 0.0391. The number of nitrogens with zero attached hydrogens (tertiary/aromatic N) is 3. The fraction of sp³-hybridized carbons (Fsp3) is 0.688. The van der Waals surface area contributed by atoms with Crippen LogP contribution in [0.1, 0.15) is 42.9 Å². The average molecular weight is 338 g/mol. The lowest BCUT2D eigenvalue weighted by atomic mass is 9.93. The van der Waals surface area contributed by atoms with Crippen LogP contribution < -0.4 is 5.32 Å². The van der Waals surface area contributed by atoms with Gasteiger partial charge in [0.25, 0.3) is 0 Å². The van der Waals surface area contributed by atoms with E-state index in [2.05, 4.69) is 10.3 Å². The first-order valence-electron chi connectivity index (χ1n) is 8.04. The van der Waals surface area contributed by atoms with Gasteiger partial charge in [0, 0.05) is 44.7 Å². The number of aromatic nitrogens is 1. The third kappa shape index (κ3) is 4.92. The topological polar surface area (TPSA) is 65.5 Å². The van der Waals surface area contributed by atoms with Crippen LogP contribution in [0.5, 0.6) is 0 Å². The first-order chi connectivity index (χ1) is 10.9. The molecular formula is C16H26N4O2S. The van der Waals surface area contributed by atoms with Crippen molar-refractivity contribution in [2.24, 2.45) is 5.92 Å². The van der Waals surface area contributed by atoms with Gasteiger partial charge in [-0.1, -0.05) is 0 Å². The van der Waals surface area contributed by atoms with E-state index in [9.17, 15) is 9.59 Å². The van der Waals surface area contributed by atoms with Crippen LogP contribution in [-0.4, -0.2) is 53.9 Å². The molecule has 0 bridgehead atoms. The zero-order valence-corrected chi connectivity index (χ0v) is 15.2. The highest BCUT2D eigenvalue weighted by Crippen LogP contribution is 2.22. The van der Waals surface area contributed by atoms with Gasteiger partial charge in [0.1, 0.15) is 5.01 Å². The van der Waals surface area contributed by atoms with E-state index < -0.39 is 0 Å². The van der Waals surface area contributed by atoms with Gasteiger partial charge >= 0.3 is 6.03 Å². The highest BCUT2D eigenvalue weighted by atomic mass is 32.1. The summed E-state index contributed by atoms with van der Waals surface area (Å²) >= 11 is 1.57. The molecule has 1 atom stereocenters. The van der Waals surface area contributed by atoms with Crippen molar-refractivity contribution in [3.63, 3.8) is 0 Å². The molecule has 3 amide bonds. The van der Waals surface area contributed by atoms with Gasteiger partial charge in [0.15, 0.2) is 0 Å². The summed E-state index contributed by atoms with van der Waals surface area (Å²) in [6, 6.07) is -0.114. The molecule has 0 unspecified atom stereocenters. The largest absolute Gasteiger partial charge is 0.349 e. The van der Waals surface area contributed by atoms with Crippen LogP contribution in [0.15, 0.2) is 5.38 Å². The molecular weight excluding hydrogens is 312 g/mol. The first kappa shape index (κ1) is 17.7. The van der Waals surface area contributed by atoms with Crippen molar-refractivity contribution in [2.75, 3.05) is 27.2 Å². The van der Waals surface area contributed by atoms with E-state index in [-0.39, 0.29) is 18.0 Å². The molecule has 1 saturated heterocycles. The van der Waals surface area contributed by atoms with E-state index in [1.54, 1.807) is 30.3 Å². The zero-order chi connectivity index (χ0) is 17.0. The van der Waals surface area contributed by atoms with Gasteiger partial charge in [-0.15, -0.1) is 11.3 Å². The molecule has 128 valence electrons. The Hall–Kier alpha value is -1.63. The molecule has 1 N–H and O–H groups in total. The summed E-state index contributed by atoms with van der Waals surface area (Å²) < 4.78 is 0. The number of hydrogen-bond donors (Lipinski definition) is 1. The van der Waals surface area contributed by atoms with Crippen molar-refractivity contribution in [1.82, 2.24) is 20.1 Å². The van der Waals surface area contributed by atoms with E-state index in [1.807, 2.05) is 24.1 Å². The summed E-state index contributed by atoms with van der Waals surface area (Å²) in [4.78, 5) is 32.0. The van der Waals surface area contributed by atoms with Gasteiger partial charge < -0.3 is 15.1 Å². The molecule has 0 spiro atoms. The molecule has 0 aromatic carbocycles. The lowest BCUT2D eigenvalue weighted by Gasteiger charge is -2.32. The molecule has 2 rings (SSSR count). The number of carbonyl (C=O) groups is 2. The highest BCUT2D eigenvalue weighted by molar-refractivity contribution is 7.09. The summed E-state index contributed by atoms with van der Waals surface area (Å²) in [5.41, 5.74) is 0.984. The Morgan fingerprint density at radius 3 is 2.61 bits per heavy atom. The Labute approximate surface area is 141 Å². The quantitative estimate of drug-likeness (QED) is 0.917. The van der Waals surface area contributed by atoms with E-state index in [1.165, 1.54) is 0 Å². The number of carbonyl (C=O) groups excluding carboxylic acids is 2. The Balaban J connectivity index is 1.78. The Morgan fingerprint density at radius 2 is 2.09 bits per heavy atom. The minimum Gasteiger partial charge on any atom is -0.349 e. The predicted octanol–water partition coefficient (Wildman–Crippen LogP) is 2.41. The predicted molar refractivity (Wildman–Crippen MR) is 91.4 cm³/mol. The molecule has 1 aromatic heterocycles. The van der Waals surface area contributed by atoms with Crippen LogP contribution in [-0.2, 0) is 4.79 Å². The number of aryl methyl sites for hydroxylation is 1. The SMILES string of the molecule is Cc1csc([C@@H](C)NC(=O)N2CCC(CC(=O)N(C)C)CC2)n1. The molecule has 2 heterocycles. The van der Waals surface area contributed by atoms with Gasteiger partial charge in [0.2, 0.25) is 5.91 Å². The van der Waals surface area contributed by atoms with Crippen LogP contribution in [0.4, 0.5) is 4.79 Å². The van der Waals surface area contributed by atoms with E-state index in [0.29, 0.717) is 25.4 Å². The molecule has 1 aliphatic rings. The van der Waals surface area contributed by atoms with Gasteiger partial charge in [-0.05, 0) is 32.6 Å². The van der Waals surface area contributed by atoms with E-state index >= 15 is 0 Å². The second-order valence-corrected chi connectivity index (χ2v) is 7.31. The molecule has 6 nitrogen and oxygen atoms in total. The van der Waals surface area contributed by atoms with Gasteiger partial charge in [-0.25, -0.2) is 9.78 Å². The normalized spacial score (nSPS) is 17.0. The second-order valence-electron chi connectivity index (χ2n) is 6.42. The molecule has 1 fully saturated rings. The van der Waals surface area contributed by atoms with Crippen molar-refractivity contribution < 1.29 is 9.59 Å². The standard InChI is InChI=1S/C16H26N4O2S/c1-11-10-23-15(17-11)12(2)18-16(22)20-7-5-13(6-8-20)9-14(21)19(3)4/h10,12-13H,5-9H2,1-4H3,(H,18,22)/t12-/m1/s1. The van der Waals surface area contributed by atoms with Crippen molar-refractivity contribution in [2.45, 2.75) is 39.2 Å². The monoisotopic (exact) mass is 338 g/mol. The smallest absolute Gasteiger partial charge is 0.317 e. The third-order valence-electron chi connectivity index (χ3n) is 4.21. The zero-order valence-electron chi connectivity index (χ0n) is 14.3. The van der Waals surface area contributed by atoms with Crippen molar-refractivity contribution in [1.29, 1.82) is 0 Å². The van der Waals surface area contributed by atoms with Crippen LogP contribution in [0.25, 0.3) is 0 Å². The van der Waals surface area contributed by atoms with E-state index in [0.717, 1.165) is 23.5 Å². The number of urea groups is 1. The third-order valence-corrected chi connectivity index (χ3v) is 5.36. The molecule has 0 radical (unpaired) electrons. The van der Waals surface area contributed by atoms with Crippen LogP contribution in [0, 0.1) is 12.8 Å². The van der Waals surface area contributed by atoms with Crippen molar-refractivity contribution >= 4 is 23.3 Å². The maximum absolute atomic E-state index is 12.3. The molecule has 23 heavy (non-hydrogen) atoms. The minimum atomic E-state index is -0.0748. The number of likely N-dealkylation sites (tertiary alicyclic amines) is 1. The fourth-order valence-corrected chi connectivity index (χ4v) is 3.48. The lowest BCUT2D eigenvalue weighted by molar-refractivity contribution is -0.129. The summed E-state index contributed by atoms with van der Waals surface area (Å²) in [7, 11) is 3.57. The molecule has 1 aliphatic heterocycles. The number of rotatable bonds is 4. The number of hydrogen-bond acceptors (Lipinski definition) is 4. The Kier molecular flexibility index (Phi) is 5.98. The van der Waals surface area contributed by atoms with Crippen LogP contribution in [0.2, 0.25) is 0 Å². The fourth-order valence-electron chi connectivity index (χ4n) is 2.68. The maximum Gasteiger partial charge on any atom is 0.317 e. The molecule has 0 aliphatic carbocycles. The molecule has 7 heteroatoms. The Bertz CT molecular complexity index is 550. The molecule has 1 aromatic rings. The van der Waals surface area contributed by atoms with Gasteiger partial charge in [-0.2, -0.15) is 0 Å². The summed E-state index contributed by atoms with van der Waals surface area (Å²) in [6.45, 7) is 5.33. The maximum atomic E-state index is 12.3. The highest BCUT2D eigenvalue weighted by Gasteiger charge is 2.26. The summed E-state index contributed by atoms with van der Waals surface area (Å²) in [5.74, 6) is 0.550. The summed E-state index contributed by atoms with van der Waals surface area (Å²) in [5, 5.41) is 5.94. The Morgan fingerprint density at radius 1 is 1.43 bits per heavy atom. The van der Waals surface area contributed by atoms with Crippen molar-refractivity contribution in [3.8, 4) is 0 Å². The second kappa shape index (κ2) is 7.77. The summed E-state index contributed by atoms with van der Waals surface area (Å²) in [6.07, 6.45) is 2.35. The number of thiazole rings is 1. The van der Waals surface area contributed by atoms with Gasteiger partial charge in [0.05, 0.1) is 6.04 Å². The van der Waals surface area contributed by atoms with Crippen LogP contribution >= 0.6 is 11.3 Å². The first-order valence-corrected chi connectivity index (χ1v) is 8.92. The number of piperidine rings is 1. The average Bonchev–Trinajstić information content (AvgIpc) is 2.94. The lowest BCUT2D eigenvalue weighted by Crippen LogP contribution is -2.45. The number of nitrogens with one attached hydrogen (secondary N) is 1. The molecule has 0 saturated carbocycles. The van der Waals surface area contributed by atoms with Gasteiger partial charge in [-0.3, -0.25) is 4.79 Å².